The summed E-state index contributed by atoms with van der Waals surface area (Å²) in [7, 11) is 0. The molecule has 0 fully saturated rings. The lowest BCUT2D eigenvalue weighted by molar-refractivity contribution is 0.620. The third-order valence-corrected chi connectivity index (χ3v) is 3.56. The summed E-state index contributed by atoms with van der Waals surface area (Å²) in [4.78, 5) is 11.9. The van der Waals surface area contributed by atoms with Gasteiger partial charge < -0.3 is 0 Å². The quantitative estimate of drug-likeness (QED) is 0.485. The number of hydrogen-bond acceptors (Lipinski definition) is 3. The second-order valence-electron chi connectivity index (χ2n) is 3.57. The smallest absolute Gasteiger partial charge is 0.150 e. The molecule has 3 aromatic rings. The molecular weight excluding hydrogens is 370 g/mol. The van der Waals surface area contributed by atoms with E-state index in [0.29, 0.717) is 16.5 Å². The van der Waals surface area contributed by atoms with Gasteiger partial charge in [-0.05, 0) is 22.6 Å². The average Bonchev–Trinajstić information content (AvgIpc) is 2.68. The molecule has 0 bridgehead atoms. The van der Waals surface area contributed by atoms with Gasteiger partial charge >= 0.3 is 0 Å². The third-order valence-electron chi connectivity index (χ3n) is 2.46. The van der Waals surface area contributed by atoms with Crippen LogP contribution in [0.4, 0.5) is 4.39 Å². The maximum Gasteiger partial charge on any atom is 0.150 e. The van der Waals surface area contributed by atoms with Gasteiger partial charge in [0.1, 0.15) is 17.3 Å². The van der Waals surface area contributed by atoms with E-state index in [2.05, 4.69) is 37.5 Å². The van der Waals surface area contributed by atoms with Crippen molar-refractivity contribution in [2.24, 2.45) is 0 Å². The number of fused-ring (bicyclic) bond motifs is 1. The first-order valence-electron chi connectivity index (χ1n) is 4.95. The van der Waals surface area contributed by atoms with Gasteiger partial charge in [0.25, 0.3) is 0 Å². The zero-order chi connectivity index (χ0) is 12.7. The largest absolute Gasteiger partial charge is 0.298 e. The Labute approximate surface area is 120 Å². The van der Waals surface area contributed by atoms with E-state index in [1.54, 1.807) is 10.8 Å². The lowest BCUT2D eigenvalue weighted by atomic mass is 10.4. The minimum absolute atomic E-state index is 0.382. The SMILES string of the molecule is Fc1cncc(-n2cc(I)c3c(Cl)ncnc32)c1. The van der Waals surface area contributed by atoms with Crippen molar-refractivity contribution in [3.8, 4) is 5.69 Å². The maximum atomic E-state index is 13.2. The molecule has 18 heavy (non-hydrogen) atoms. The standard InChI is InChI=1S/C11H5ClFIN4/c12-10-9-8(14)4-18(11(9)17-5-16-10)7-1-6(13)2-15-3-7/h1-5H. The number of rotatable bonds is 1. The Morgan fingerprint density at radius 2 is 2.11 bits per heavy atom. The molecule has 7 heteroatoms. The van der Waals surface area contributed by atoms with Crippen LogP contribution in [-0.4, -0.2) is 19.5 Å². The topological polar surface area (TPSA) is 43.6 Å². The van der Waals surface area contributed by atoms with Gasteiger partial charge in [-0.1, -0.05) is 11.6 Å². The number of pyridine rings is 1. The van der Waals surface area contributed by atoms with Crippen molar-refractivity contribution in [3.05, 3.63) is 45.5 Å². The molecule has 0 atom stereocenters. The van der Waals surface area contributed by atoms with Gasteiger partial charge in [0.05, 0.1) is 23.5 Å². The van der Waals surface area contributed by atoms with Gasteiger partial charge in [0, 0.05) is 15.8 Å². The molecule has 3 rings (SSSR count). The van der Waals surface area contributed by atoms with Crippen molar-refractivity contribution in [2.45, 2.75) is 0 Å². The minimum Gasteiger partial charge on any atom is -0.298 e. The van der Waals surface area contributed by atoms with Crippen molar-refractivity contribution >= 4 is 45.2 Å². The van der Waals surface area contributed by atoms with E-state index < -0.39 is 5.82 Å². The number of halogens is 3. The molecule has 0 unspecified atom stereocenters. The van der Waals surface area contributed by atoms with E-state index in [4.69, 9.17) is 11.6 Å². The Bertz CT molecular complexity index is 743. The molecule has 3 heterocycles. The van der Waals surface area contributed by atoms with Crippen LogP contribution in [0.2, 0.25) is 5.15 Å². The summed E-state index contributed by atoms with van der Waals surface area (Å²) in [6.07, 6.45) is 5.92. The fourth-order valence-electron chi connectivity index (χ4n) is 1.71. The molecule has 0 aliphatic carbocycles. The first-order valence-corrected chi connectivity index (χ1v) is 6.40. The fraction of sp³-hybridized carbons (Fsp3) is 0. The van der Waals surface area contributed by atoms with Gasteiger partial charge in [0.15, 0.2) is 5.65 Å². The van der Waals surface area contributed by atoms with Crippen molar-refractivity contribution in [1.82, 2.24) is 19.5 Å². The molecule has 0 saturated heterocycles. The molecule has 0 aliphatic rings. The van der Waals surface area contributed by atoms with Gasteiger partial charge in [-0.25, -0.2) is 14.4 Å². The van der Waals surface area contributed by atoms with Crippen LogP contribution in [0.25, 0.3) is 16.7 Å². The van der Waals surface area contributed by atoms with E-state index in [9.17, 15) is 4.39 Å². The zero-order valence-corrected chi connectivity index (χ0v) is 11.7. The van der Waals surface area contributed by atoms with Crippen molar-refractivity contribution in [3.63, 3.8) is 0 Å². The van der Waals surface area contributed by atoms with Crippen LogP contribution < -0.4 is 0 Å². The van der Waals surface area contributed by atoms with Crippen LogP contribution in [0.5, 0.6) is 0 Å². The van der Waals surface area contributed by atoms with Crippen molar-refractivity contribution in [2.75, 3.05) is 0 Å². The van der Waals surface area contributed by atoms with Crippen LogP contribution in [0.3, 0.4) is 0 Å². The predicted octanol–water partition coefficient (Wildman–Crippen LogP) is 3.21. The maximum absolute atomic E-state index is 13.2. The molecule has 90 valence electrons. The van der Waals surface area contributed by atoms with E-state index >= 15 is 0 Å². The third kappa shape index (κ3) is 1.85. The summed E-state index contributed by atoms with van der Waals surface area (Å²) in [6, 6.07) is 1.39. The van der Waals surface area contributed by atoms with Gasteiger partial charge in [-0.15, -0.1) is 0 Å². The monoisotopic (exact) mass is 374 g/mol. The molecule has 0 spiro atoms. The van der Waals surface area contributed by atoms with Crippen LogP contribution in [0.15, 0.2) is 31.0 Å². The Hall–Kier alpha value is -1.28. The van der Waals surface area contributed by atoms with Crippen LogP contribution in [-0.2, 0) is 0 Å². The number of hydrogen-bond donors (Lipinski definition) is 0. The average molecular weight is 375 g/mol. The predicted molar refractivity (Wildman–Crippen MR) is 74.3 cm³/mol. The summed E-state index contributed by atoms with van der Waals surface area (Å²) in [5.41, 5.74) is 1.23. The molecule has 0 saturated carbocycles. The first kappa shape index (κ1) is 11.8. The summed E-state index contributed by atoms with van der Waals surface area (Å²) in [6.45, 7) is 0. The summed E-state index contributed by atoms with van der Waals surface area (Å²) >= 11 is 8.18. The van der Waals surface area contributed by atoms with Crippen LogP contribution >= 0.6 is 34.2 Å². The van der Waals surface area contributed by atoms with E-state index in [1.165, 1.54) is 12.4 Å². The summed E-state index contributed by atoms with van der Waals surface area (Å²) in [5.74, 6) is -0.399. The van der Waals surface area contributed by atoms with Gasteiger partial charge in [-0.2, -0.15) is 0 Å². The minimum atomic E-state index is -0.399. The highest BCUT2D eigenvalue weighted by Gasteiger charge is 2.13. The zero-order valence-electron chi connectivity index (χ0n) is 8.81. The van der Waals surface area contributed by atoms with Crippen LogP contribution in [0.1, 0.15) is 0 Å². The van der Waals surface area contributed by atoms with E-state index in [0.717, 1.165) is 15.2 Å². The first-order chi connectivity index (χ1) is 8.66. The number of aromatic nitrogens is 4. The Balaban J connectivity index is 2.34. The highest BCUT2D eigenvalue weighted by molar-refractivity contribution is 14.1. The van der Waals surface area contributed by atoms with Gasteiger partial charge in [0.2, 0.25) is 0 Å². The Morgan fingerprint density at radius 3 is 2.89 bits per heavy atom. The number of nitrogens with zero attached hydrogens (tertiary/aromatic N) is 4. The second-order valence-corrected chi connectivity index (χ2v) is 5.09. The lowest BCUT2D eigenvalue weighted by Gasteiger charge is -2.03. The normalized spacial score (nSPS) is 11.1. The fourth-order valence-corrected chi connectivity index (χ4v) is 2.88. The van der Waals surface area contributed by atoms with Crippen LogP contribution in [0, 0.1) is 9.39 Å². The molecule has 0 N–H and O–H groups in total. The lowest BCUT2D eigenvalue weighted by Crippen LogP contribution is -1.96. The van der Waals surface area contributed by atoms with E-state index in [1.807, 2.05) is 6.20 Å². The molecule has 3 aromatic heterocycles. The molecule has 0 radical (unpaired) electrons. The molecule has 0 aliphatic heterocycles. The molecule has 0 aromatic carbocycles. The summed E-state index contributed by atoms with van der Waals surface area (Å²) in [5, 5.41) is 1.14. The van der Waals surface area contributed by atoms with E-state index in [-0.39, 0.29) is 0 Å². The van der Waals surface area contributed by atoms with Gasteiger partial charge in [-0.3, -0.25) is 9.55 Å². The molecular formula is C11H5ClFIN4. The van der Waals surface area contributed by atoms with Crippen molar-refractivity contribution in [1.29, 1.82) is 0 Å². The highest BCUT2D eigenvalue weighted by Crippen LogP contribution is 2.28. The highest BCUT2D eigenvalue weighted by atomic mass is 127. The van der Waals surface area contributed by atoms with Crippen molar-refractivity contribution < 1.29 is 4.39 Å². The molecule has 4 nitrogen and oxygen atoms in total. The Morgan fingerprint density at radius 1 is 1.28 bits per heavy atom. The molecule has 0 amide bonds. The second kappa shape index (κ2) is 4.43. The Kier molecular flexibility index (Phi) is 2.90. The summed E-state index contributed by atoms with van der Waals surface area (Å²) < 4.78 is 15.8.